The molecule has 0 bridgehead atoms. The van der Waals surface area contributed by atoms with E-state index < -0.39 is 5.82 Å². The van der Waals surface area contributed by atoms with Gasteiger partial charge < -0.3 is 10.2 Å². The van der Waals surface area contributed by atoms with Crippen molar-refractivity contribution in [3.05, 3.63) is 71.3 Å². The fraction of sp³-hybridized carbons (Fsp3) is 0.250. The van der Waals surface area contributed by atoms with Crippen LogP contribution in [-0.4, -0.2) is 43.9 Å². The van der Waals surface area contributed by atoms with Gasteiger partial charge in [-0.3, -0.25) is 18.6 Å². The quantitative estimate of drug-likeness (QED) is 0.304. The van der Waals surface area contributed by atoms with Crippen LogP contribution in [0.3, 0.4) is 0 Å². The molecule has 4 aromatic rings. The van der Waals surface area contributed by atoms with Crippen LogP contribution in [0.25, 0.3) is 16.7 Å². The highest BCUT2D eigenvalue weighted by atomic mass is 32.2. The summed E-state index contributed by atoms with van der Waals surface area (Å²) in [4.78, 5) is 27.3. The number of anilines is 2. The van der Waals surface area contributed by atoms with E-state index in [4.69, 9.17) is 0 Å². The Labute approximate surface area is 200 Å². The van der Waals surface area contributed by atoms with E-state index >= 15 is 0 Å². The second-order valence-corrected chi connectivity index (χ2v) is 8.99. The Kier molecular flexibility index (Phi) is 6.69. The van der Waals surface area contributed by atoms with Gasteiger partial charge in [0.1, 0.15) is 5.82 Å². The van der Waals surface area contributed by atoms with Gasteiger partial charge in [0.05, 0.1) is 22.3 Å². The van der Waals surface area contributed by atoms with Crippen molar-refractivity contribution in [2.45, 2.75) is 31.6 Å². The number of rotatable bonds is 8. The summed E-state index contributed by atoms with van der Waals surface area (Å²) in [5, 5.41) is 12.1. The molecule has 176 valence electrons. The second-order valence-electron chi connectivity index (χ2n) is 8.05. The first kappa shape index (κ1) is 23.5. The highest BCUT2D eigenvalue weighted by molar-refractivity contribution is 7.99. The summed E-state index contributed by atoms with van der Waals surface area (Å²) in [5.41, 5.74) is 1.32. The van der Waals surface area contributed by atoms with Gasteiger partial charge in [0, 0.05) is 25.3 Å². The topological polar surface area (TPSA) is 84.5 Å². The van der Waals surface area contributed by atoms with Gasteiger partial charge in [0.25, 0.3) is 5.56 Å². The number of fused-ring (bicyclic) bond motifs is 3. The summed E-state index contributed by atoms with van der Waals surface area (Å²) in [7, 11) is 1.82. The van der Waals surface area contributed by atoms with E-state index in [2.05, 4.69) is 22.1 Å². The molecule has 0 atom stereocenters. The molecule has 0 radical (unpaired) electrons. The minimum absolute atomic E-state index is 0.0327. The lowest BCUT2D eigenvalue weighted by atomic mass is 10.2. The van der Waals surface area contributed by atoms with Crippen LogP contribution in [0.4, 0.5) is 15.8 Å². The lowest BCUT2D eigenvalue weighted by Gasteiger charge is -2.24. The van der Waals surface area contributed by atoms with Crippen molar-refractivity contribution in [3.8, 4) is 0 Å². The van der Waals surface area contributed by atoms with Gasteiger partial charge in [-0.1, -0.05) is 30.0 Å². The third-order valence-corrected chi connectivity index (χ3v) is 6.44. The minimum atomic E-state index is -0.406. The third kappa shape index (κ3) is 4.41. The van der Waals surface area contributed by atoms with Crippen molar-refractivity contribution in [2.24, 2.45) is 0 Å². The predicted molar refractivity (Wildman–Crippen MR) is 134 cm³/mol. The first-order valence-electron chi connectivity index (χ1n) is 10.7. The zero-order chi connectivity index (χ0) is 24.4. The van der Waals surface area contributed by atoms with Crippen LogP contribution in [0, 0.1) is 5.82 Å². The molecular formula is C24H25FN6O2S. The number of hydrogen-bond donors (Lipinski definition) is 1. The van der Waals surface area contributed by atoms with Crippen molar-refractivity contribution in [2.75, 3.05) is 23.0 Å². The van der Waals surface area contributed by atoms with E-state index in [-0.39, 0.29) is 29.8 Å². The van der Waals surface area contributed by atoms with Crippen molar-refractivity contribution >= 4 is 45.7 Å². The summed E-state index contributed by atoms with van der Waals surface area (Å²) >= 11 is 1.18. The molecule has 8 nitrogen and oxygen atoms in total. The zero-order valence-electron chi connectivity index (χ0n) is 19.2. The number of thioether (sulfide) groups is 1. The number of nitrogens with zero attached hydrogens (tertiary/aromatic N) is 5. The molecule has 0 aliphatic heterocycles. The predicted octanol–water partition coefficient (Wildman–Crippen LogP) is 3.94. The molecule has 2 aromatic carbocycles. The highest BCUT2D eigenvalue weighted by Crippen LogP contribution is 2.25. The molecule has 0 saturated carbocycles. The Morgan fingerprint density at radius 3 is 2.74 bits per heavy atom. The Bertz CT molecular complexity index is 1440. The molecule has 4 rings (SSSR count). The number of para-hydroxylation sites is 1. The van der Waals surface area contributed by atoms with Crippen molar-refractivity contribution in [1.82, 2.24) is 19.2 Å². The molecule has 0 aliphatic rings. The van der Waals surface area contributed by atoms with Crippen LogP contribution < -0.4 is 15.8 Å². The van der Waals surface area contributed by atoms with Crippen LogP contribution in [0.1, 0.15) is 13.8 Å². The molecule has 0 saturated heterocycles. The number of benzene rings is 2. The van der Waals surface area contributed by atoms with E-state index in [9.17, 15) is 14.0 Å². The molecule has 2 aromatic heterocycles. The van der Waals surface area contributed by atoms with Crippen molar-refractivity contribution < 1.29 is 9.18 Å². The van der Waals surface area contributed by atoms with E-state index in [0.717, 1.165) is 0 Å². The summed E-state index contributed by atoms with van der Waals surface area (Å²) in [5.74, 6) is -0.310. The summed E-state index contributed by atoms with van der Waals surface area (Å²) in [6.07, 6.45) is 1.62. The summed E-state index contributed by atoms with van der Waals surface area (Å²) < 4.78 is 17.8. The molecule has 10 heteroatoms. The fourth-order valence-electron chi connectivity index (χ4n) is 3.60. The summed E-state index contributed by atoms with van der Waals surface area (Å²) in [6.45, 7) is 7.94. The van der Waals surface area contributed by atoms with Crippen LogP contribution in [0.5, 0.6) is 0 Å². The Balaban J connectivity index is 1.56. The molecule has 34 heavy (non-hydrogen) atoms. The SMILES string of the molecule is C=CCn1c(=O)c2ccccc2n2c(SCC(=O)Nc3ccc(N(C)C(C)C)c(F)c3)nnc12. The molecule has 0 fully saturated rings. The maximum Gasteiger partial charge on any atom is 0.263 e. The summed E-state index contributed by atoms with van der Waals surface area (Å²) in [6, 6.07) is 12.0. The van der Waals surface area contributed by atoms with Crippen LogP contribution in [-0.2, 0) is 11.3 Å². The van der Waals surface area contributed by atoms with E-state index in [1.165, 1.54) is 22.4 Å². The molecule has 0 unspecified atom stereocenters. The first-order chi connectivity index (χ1) is 16.3. The first-order valence-corrected chi connectivity index (χ1v) is 11.7. The normalized spacial score (nSPS) is 11.3. The number of aromatic nitrogens is 4. The number of amides is 1. The maximum absolute atomic E-state index is 14.5. The zero-order valence-corrected chi connectivity index (χ0v) is 20.0. The maximum atomic E-state index is 14.5. The van der Waals surface area contributed by atoms with Crippen LogP contribution in [0.2, 0.25) is 0 Å². The molecule has 0 aliphatic carbocycles. The van der Waals surface area contributed by atoms with Gasteiger partial charge in [-0.15, -0.1) is 16.8 Å². The minimum Gasteiger partial charge on any atom is -0.370 e. The van der Waals surface area contributed by atoms with Crippen LogP contribution >= 0.6 is 11.8 Å². The average Bonchev–Trinajstić information content (AvgIpc) is 3.24. The van der Waals surface area contributed by atoms with Crippen LogP contribution in [0.15, 0.2) is 65.1 Å². The van der Waals surface area contributed by atoms with Crippen molar-refractivity contribution in [3.63, 3.8) is 0 Å². The lowest BCUT2D eigenvalue weighted by Crippen LogP contribution is -2.26. The highest BCUT2D eigenvalue weighted by Gasteiger charge is 2.17. The largest absolute Gasteiger partial charge is 0.370 e. The van der Waals surface area contributed by atoms with Gasteiger partial charge in [0.2, 0.25) is 11.7 Å². The third-order valence-electron chi connectivity index (χ3n) is 5.51. The standard InChI is InChI=1S/C24H25FN6O2S/c1-5-12-30-22(33)17-8-6-7-9-19(17)31-23(30)27-28-24(31)34-14-21(32)26-16-10-11-20(18(25)13-16)29(4)15(2)3/h5-11,13,15H,1,12,14H2,2-4H3,(H,26,32). The van der Waals surface area contributed by atoms with Gasteiger partial charge in [-0.05, 0) is 44.2 Å². The number of hydrogen-bond acceptors (Lipinski definition) is 6. The van der Waals surface area contributed by atoms with E-state index in [1.807, 2.05) is 37.9 Å². The number of carbonyl (C=O) groups excluding carboxylic acids is 1. The smallest absolute Gasteiger partial charge is 0.263 e. The molecule has 1 N–H and O–H groups in total. The van der Waals surface area contributed by atoms with E-state index in [1.54, 1.807) is 34.7 Å². The van der Waals surface area contributed by atoms with Gasteiger partial charge in [-0.25, -0.2) is 4.39 Å². The monoisotopic (exact) mass is 480 g/mol. The molecule has 1 amide bonds. The number of allylic oxidation sites excluding steroid dienone is 1. The van der Waals surface area contributed by atoms with Gasteiger partial charge in [-0.2, -0.15) is 0 Å². The Morgan fingerprint density at radius 2 is 2.03 bits per heavy atom. The molecular weight excluding hydrogens is 455 g/mol. The Hall–Kier alpha value is -3.66. The number of carbonyl (C=O) groups is 1. The Morgan fingerprint density at radius 1 is 1.26 bits per heavy atom. The molecule has 2 heterocycles. The van der Waals surface area contributed by atoms with Crippen molar-refractivity contribution in [1.29, 1.82) is 0 Å². The fourth-order valence-corrected chi connectivity index (χ4v) is 4.34. The second kappa shape index (κ2) is 9.68. The van der Waals surface area contributed by atoms with Gasteiger partial charge >= 0.3 is 0 Å². The van der Waals surface area contributed by atoms with E-state index in [0.29, 0.717) is 33.2 Å². The average molecular weight is 481 g/mol. The van der Waals surface area contributed by atoms with Gasteiger partial charge in [0.15, 0.2) is 5.16 Å². The molecule has 0 spiro atoms. The lowest BCUT2D eigenvalue weighted by molar-refractivity contribution is -0.113. The number of halogens is 1. The number of nitrogens with one attached hydrogen (secondary N) is 1.